The standard InChI is InChI=1S/C16H22N4O3/c1-11-13(10-18-20(11)2)15-14(6-9-23-15)19-16(21)17-7-5-12-4-3-8-22-12/h3-4,8,10,14-15H,5-7,9H2,1-2H3,(H2,17,19,21)/t14-,15+/m0/s1. The van der Waals surface area contributed by atoms with Crippen molar-refractivity contribution in [2.24, 2.45) is 7.05 Å². The number of aryl methyl sites for hydroxylation is 1. The number of aromatic nitrogens is 2. The van der Waals surface area contributed by atoms with Crippen molar-refractivity contribution < 1.29 is 13.9 Å². The van der Waals surface area contributed by atoms with E-state index in [2.05, 4.69) is 15.7 Å². The van der Waals surface area contributed by atoms with Crippen molar-refractivity contribution in [3.63, 3.8) is 0 Å². The molecule has 0 aromatic carbocycles. The summed E-state index contributed by atoms with van der Waals surface area (Å²) in [5, 5.41) is 10.1. The Labute approximate surface area is 135 Å². The van der Waals surface area contributed by atoms with Gasteiger partial charge in [0.25, 0.3) is 0 Å². The highest BCUT2D eigenvalue weighted by Crippen LogP contribution is 2.30. The molecule has 2 amide bonds. The highest BCUT2D eigenvalue weighted by Gasteiger charge is 2.33. The van der Waals surface area contributed by atoms with Crippen molar-refractivity contribution in [2.45, 2.75) is 31.9 Å². The van der Waals surface area contributed by atoms with Crippen LogP contribution in [0, 0.1) is 6.92 Å². The van der Waals surface area contributed by atoms with E-state index in [0.29, 0.717) is 19.6 Å². The third-order valence-corrected chi connectivity index (χ3v) is 4.22. The van der Waals surface area contributed by atoms with E-state index >= 15 is 0 Å². The number of ether oxygens (including phenoxy) is 1. The average molecular weight is 318 g/mol. The Hall–Kier alpha value is -2.28. The molecule has 124 valence electrons. The number of nitrogens with one attached hydrogen (secondary N) is 2. The smallest absolute Gasteiger partial charge is 0.315 e. The molecular formula is C16H22N4O3. The second-order valence-corrected chi connectivity index (χ2v) is 5.73. The highest BCUT2D eigenvalue weighted by molar-refractivity contribution is 5.74. The van der Waals surface area contributed by atoms with Gasteiger partial charge in [0.05, 0.1) is 18.5 Å². The lowest BCUT2D eigenvalue weighted by atomic mass is 10.0. The van der Waals surface area contributed by atoms with Gasteiger partial charge < -0.3 is 19.8 Å². The maximum absolute atomic E-state index is 12.1. The first-order chi connectivity index (χ1) is 11.1. The molecule has 2 atom stereocenters. The van der Waals surface area contributed by atoms with Gasteiger partial charge in [-0.25, -0.2) is 4.79 Å². The maximum Gasteiger partial charge on any atom is 0.315 e. The predicted octanol–water partition coefficient (Wildman–Crippen LogP) is 1.69. The van der Waals surface area contributed by atoms with Crippen LogP contribution < -0.4 is 10.6 Å². The number of rotatable bonds is 5. The van der Waals surface area contributed by atoms with E-state index in [9.17, 15) is 4.79 Å². The lowest BCUT2D eigenvalue weighted by Gasteiger charge is -2.20. The molecular weight excluding hydrogens is 296 g/mol. The number of carbonyl (C=O) groups excluding carboxylic acids is 1. The zero-order chi connectivity index (χ0) is 16.2. The van der Waals surface area contributed by atoms with Crippen LogP contribution in [0.3, 0.4) is 0 Å². The lowest BCUT2D eigenvalue weighted by Crippen LogP contribution is -2.43. The molecule has 1 fully saturated rings. The second kappa shape index (κ2) is 6.87. The van der Waals surface area contributed by atoms with Crippen molar-refractivity contribution in [1.82, 2.24) is 20.4 Å². The molecule has 0 radical (unpaired) electrons. The van der Waals surface area contributed by atoms with Crippen LogP contribution in [-0.2, 0) is 18.2 Å². The minimum atomic E-state index is -0.182. The summed E-state index contributed by atoms with van der Waals surface area (Å²) in [5.41, 5.74) is 2.09. The number of furan rings is 1. The quantitative estimate of drug-likeness (QED) is 0.879. The van der Waals surface area contributed by atoms with Gasteiger partial charge in [0, 0.05) is 37.9 Å². The summed E-state index contributed by atoms with van der Waals surface area (Å²) in [6, 6.07) is 3.51. The number of nitrogens with zero attached hydrogens (tertiary/aromatic N) is 2. The highest BCUT2D eigenvalue weighted by atomic mass is 16.5. The van der Waals surface area contributed by atoms with Crippen molar-refractivity contribution >= 4 is 6.03 Å². The van der Waals surface area contributed by atoms with Gasteiger partial charge in [-0.15, -0.1) is 0 Å². The van der Waals surface area contributed by atoms with Crippen LogP contribution in [-0.4, -0.2) is 35.0 Å². The minimum Gasteiger partial charge on any atom is -0.469 e. The predicted molar refractivity (Wildman–Crippen MR) is 84.0 cm³/mol. The van der Waals surface area contributed by atoms with Crippen molar-refractivity contribution in [3.8, 4) is 0 Å². The molecule has 2 N–H and O–H groups in total. The molecule has 1 aliphatic heterocycles. The summed E-state index contributed by atoms with van der Waals surface area (Å²) < 4.78 is 12.9. The Morgan fingerprint density at radius 2 is 2.39 bits per heavy atom. The molecule has 0 saturated carbocycles. The average Bonchev–Trinajstić information content (AvgIpc) is 3.24. The summed E-state index contributed by atoms with van der Waals surface area (Å²) in [5.74, 6) is 0.860. The molecule has 3 rings (SSSR count). The Bertz CT molecular complexity index is 650. The minimum absolute atomic E-state index is 0.0403. The summed E-state index contributed by atoms with van der Waals surface area (Å²) in [6.07, 6.45) is 4.78. The molecule has 1 saturated heterocycles. The number of hydrogen-bond donors (Lipinski definition) is 2. The first-order valence-electron chi connectivity index (χ1n) is 7.82. The SMILES string of the molecule is Cc1c([C@H]2OCC[C@@H]2NC(=O)NCCc2ccco2)cnn1C. The van der Waals surface area contributed by atoms with E-state index in [-0.39, 0.29) is 18.2 Å². The summed E-state index contributed by atoms with van der Waals surface area (Å²) in [4.78, 5) is 12.1. The van der Waals surface area contributed by atoms with Gasteiger partial charge in [-0.2, -0.15) is 5.10 Å². The Morgan fingerprint density at radius 3 is 3.09 bits per heavy atom. The van der Waals surface area contributed by atoms with Crippen molar-refractivity contribution in [2.75, 3.05) is 13.2 Å². The molecule has 7 heteroatoms. The Morgan fingerprint density at radius 1 is 1.52 bits per heavy atom. The fourth-order valence-corrected chi connectivity index (χ4v) is 2.81. The Kier molecular flexibility index (Phi) is 4.66. The fourth-order valence-electron chi connectivity index (χ4n) is 2.81. The van der Waals surface area contributed by atoms with E-state index in [1.165, 1.54) is 0 Å². The molecule has 0 bridgehead atoms. The second-order valence-electron chi connectivity index (χ2n) is 5.73. The van der Waals surface area contributed by atoms with Gasteiger partial charge in [-0.05, 0) is 25.5 Å². The van der Waals surface area contributed by atoms with Crippen LogP contribution in [0.2, 0.25) is 0 Å². The van der Waals surface area contributed by atoms with Gasteiger partial charge in [-0.3, -0.25) is 4.68 Å². The number of hydrogen-bond acceptors (Lipinski definition) is 4. The van der Waals surface area contributed by atoms with Crippen LogP contribution in [0.15, 0.2) is 29.0 Å². The van der Waals surface area contributed by atoms with E-state index in [1.807, 2.05) is 37.0 Å². The molecule has 0 spiro atoms. The Balaban J connectivity index is 1.52. The van der Waals surface area contributed by atoms with Gasteiger partial charge in [0.15, 0.2) is 0 Å². The van der Waals surface area contributed by atoms with Gasteiger partial charge in [0.1, 0.15) is 11.9 Å². The normalized spacial score (nSPS) is 20.6. The van der Waals surface area contributed by atoms with Crippen LogP contribution in [0.5, 0.6) is 0 Å². The number of carbonyl (C=O) groups is 1. The van der Waals surface area contributed by atoms with E-state index < -0.39 is 0 Å². The van der Waals surface area contributed by atoms with Crippen LogP contribution in [0.25, 0.3) is 0 Å². The zero-order valence-corrected chi connectivity index (χ0v) is 13.4. The molecule has 7 nitrogen and oxygen atoms in total. The van der Waals surface area contributed by atoms with E-state index in [1.54, 1.807) is 6.26 Å². The molecule has 2 aromatic heterocycles. The first kappa shape index (κ1) is 15.6. The monoisotopic (exact) mass is 318 g/mol. The van der Waals surface area contributed by atoms with Gasteiger partial charge in [0.2, 0.25) is 0 Å². The first-order valence-corrected chi connectivity index (χ1v) is 7.82. The number of amides is 2. The van der Waals surface area contributed by atoms with Gasteiger partial charge in [-0.1, -0.05) is 0 Å². The zero-order valence-electron chi connectivity index (χ0n) is 13.4. The van der Waals surface area contributed by atoms with E-state index in [0.717, 1.165) is 23.4 Å². The van der Waals surface area contributed by atoms with Crippen LogP contribution in [0.4, 0.5) is 4.79 Å². The molecule has 0 aliphatic carbocycles. The van der Waals surface area contributed by atoms with Crippen LogP contribution >= 0.6 is 0 Å². The lowest BCUT2D eigenvalue weighted by molar-refractivity contribution is 0.0993. The molecule has 0 unspecified atom stereocenters. The summed E-state index contributed by atoms with van der Waals surface area (Å²) in [6.45, 7) is 3.17. The molecule has 1 aliphatic rings. The molecule has 23 heavy (non-hydrogen) atoms. The third kappa shape index (κ3) is 3.56. The summed E-state index contributed by atoms with van der Waals surface area (Å²) >= 11 is 0. The van der Waals surface area contributed by atoms with Gasteiger partial charge >= 0.3 is 6.03 Å². The maximum atomic E-state index is 12.1. The summed E-state index contributed by atoms with van der Waals surface area (Å²) in [7, 11) is 1.90. The van der Waals surface area contributed by atoms with Crippen molar-refractivity contribution in [3.05, 3.63) is 41.6 Å². The fraction of sp³-hybridized carbons (Fsp3) is 0.500. The molecule has 3 heterocycles. The third-order valence-electron chi connectivity index (χ3n) is 4.22. The van der Waals surface area contributed by atoms with E-state index in [4.69, 9.17) is 9.15 Å². The van der Waals surface area contributed by atoms with Crippen molar-refractivity contribution in [1.29, 1.82) is 0 Å². The topological polar surface area (TPSA) is 81.3 Å². The largest absolute Gasteiger partial charge is 0.469 e. The van der Waals surface area contributed by atoms with Crippen LogP contribution in [0.1, 0.15) is 29.5 Å². The number of urea groups is 1. The molecule has 2 aromatic rings.